The molecule has 0 unspecified atom stereocenters. The molecule has 21 heavy (non-hydrogen) atoms. The molecule has 0 atom stereocenters. The van der Waals surface area contributed by atoms with Gasteiger partial charge in [0.05, 0.1) is 22.2 Å². The summed E-state index contributed by atoms with van der Waals surface area (Å²) in [7, 11) is -3.62. The van der Waals surface area contributed by atoms with Gasteiger partial charge < -0.3 is 0 Å². The van der Waals surface area contributed by atoms with Gasteiger partial charge in [0.25, 0.3) is 10.0 Å². The van der Waals surface area contributed by atoms with Gasteiger partial charge in [-0.15, -0.1) is 0 Å². The molecule has 0 bridgehead atoms. The molecule has 2 aromatic rings. The second-order valence-electron chi connectivity index (χ2n) is 4.64. The van der Waals surface area contributed by atoms with E-state index < -0.39 is 10.0 Å². The van der Waals surface area contributed by atoms with Crippen LogP contribution in [0.2, 0.25) is 0 Å². The minimum Gasteiger partial charge on any atom is -0.267 e. The van der Waals surface area contributed by atoms with Crippen molar-refractivity contribution < 1.29 is 8.42 Å². The van der Waals surface area contributed by atoms with Crippen molar-refractivity contribution in [2.24, 2.45) is 0 Å². The van der Waals surface area contributed by atoms with Crippen LogP contribution < -0.4 is 4.31 Å². The summed E-state index contributed by atoms with van der Waals surface area (Å²) in [6, 6.07) is 15.3. The van der Waals surface area contributed by atoms with E-state index in [2.05, 4.69) is 0 Å². The summed E-state index contributed by atoms with van der Waals surface area (Å²) in [5, 5.41) is 8.79. The first-order valence-corrected chi connectivity index (χ1v) is 8.02. The lowest BCUT2D eigenvalue weighted by atomic mass is 10.2. The predicted octanol–water partition coefficient (Wildman–Crippen LogP) is 3.08. The highest BCUT2D eigenvalue weighted by Crippen LogP contribution is 2.24. The van der Waals surface area contributed by atoms with E-state index >= 15 is 0 Å². The van der Waals surface area contributed by atoms with Crippen molar-refractivity contribution in [2.75, 3.05) is 10.8 Å². The Bertz CT molecular complexity index is 775. The third-order valence-corrected chi connectivity index (χ3v) is 5.07. The van der Waals surface area contributed by atoms with E-state index in [1.165, 1.54) is 28.6 Å². The average molecular weight is 300 g/mol. The van der Waals surface area contributed by atoms with E-state index in [1.54, 1.807) is 13.0 Å². The first kappa shape index (κ1) is 15.1. The first-order chi connectivity index (χ1) is 9.98. The number of sulfonamides is 1. The predicted molar refractivity (Wildman–Crippen MR) is 82.5 cm³/mol. The molecule has 2 aromatic carbocycles. The second-order valence-corrected chi connectivity index (χ2v) is 6.51. The topological polar surface area (TPSA) is 61.2 Å². The molecule has 0 saturated heterocycles. The van der Waals surface area contributed by atoms with Gasteiger partial charge in [-0.2, -0.15) is 5.26 Å². The van der Waals surface area contributed by atoms with Crippen LogP contribution in [0.5, 0.6) is 0 Å². The lowest BCUT2D eigenvalue weighted by Gasteiger charge is -2.23. The molecule has 108 valence electrons. The van der Waals surface area contributed by atoms with Crippen LogP contribution in [0.4, 0.5) is 5.69 Å². The number of anilines is 1. The third-order valence-electron chi connectivity index (χ3n) is 3.15. The van der Waals surface area contributed by atoms with Crippen molar-refractivity contribution in [3.63, 3.8) is 0 Å². The number of benzene rings is 2. The molecule has 0 radical (unpaired) electrons. The maximum atomic E-state index is 12.7. The van der Waals surface area contributed by atoms with Gasteiger partial charge in [-0.1, -0.05) is 12.1 Å². The Morgan fingerprint density at radius 3 is 2.33 bits per heavy atom. The molecule has 0 aromatic heterocycles. The van der Waals surface area contributed by atoms with Gasteiger partial charge in [0.1, 0.15) is 0 Å². The van der Waals surface area contributed by atoms with Crippen LogP contribution in [0.15, 0.2) is 53.4 Å². The van der Waals surface area contributed by atoms with Gasteiger partial charge in [0, 0.05) is 6.54 Å². The number of nitrogens with zero attached hydrogens (tertiary/aromatic N) is 2. The molecular weight excluding hydrogens is 284 g/mol. The van der Waals surface area contributed by atoms with Crippen LogP contribution in [-0.2, 0) is 10.0 Å². The van der Waals surface area contributed by atoms with Gasteiger partial charge in [-0.3, -0.25) is 4.31 Å². The zero-order chi connectivity index (χ0) is 15.5. The second kappa shape index (κ2) is 5.98. The molecule has 4 nitrogen and oxygen atoms in total. The molecule has 0 N–H and O–H groups in total. The lowest BCUT2D eigenvalue weighted by molar-refractivity contribution is 0.592. The average Bonchev–Trinajstić information content (AvgIpc) is 2.48. The lowest BCUT2D eigenvalue weighted by Crippen LogP contribution is -2.30. The Morgan fingerprint density at radius 1 is 1.14 bits per heavy atom. The van der Waals surface area contributed by atoms with Gasteiger partial charge >= 0.3 is 0 Å². The molecule has 0 amide bonds. The highest BCUT2D eigenvalue weighted by molar-refractivity contribution is 7.92. The van der Waals surface area contributed by atoms with E-state index in [9.17, 15) is 8.42 Å². The highest BCUT2D eigenvalue weighted by atomic mass is 32.2. The van der Waals surface area contributed by atoms with Gasteiger partial charge in [0.2, 0.25) is 0 Å². The summed E-state index contributed by atoms with van der Waals surface area (Å²) >= 11 is 0. The van der Waals surface area contributed by atoms with Gasteiger partial charge in [-0.25, -0.2) is 8.42 Å². The number of hydrogen-bond acceptors (Lipinski definition) is 3. The Hall–Kier alpha value is -2.32. The van der Waals surface area contributed by atoms with Crippen molar-refractivity contribution in [3.05, 3.63) is 59.7 Å². The smallest absolute Gasteiger partial charge is 0.264 e. The standard InChI is InChI=1S/C16H16N2O2S/c1-3-18(15-6-4-5-13(2)11-15)21(19,20)16-9-7-14(12-17)8-10-16/h4-11H,3H2,1-2H3. The van der Waals surface area contributed by atoms with Crippen molar-refractivity contribution in [3.8, 4) is 6.07 Å². The fraction of sp³-hybridized carbons (Fsp3) is 0.188. The Balaban J connectivity index is 2.47. The van der Waals surface area contributed by atoms with Crippen LogP contribution in [0.1, 0.15) is 18.1 Å². The van der Waals surface area contributed by atoms with Crippen LogP contribution in [0.3, 0.4) is 0 Å². The molecule has 0 aliphatic heterocycles. The van der Waals surface area contributed by atoms with Gasteiger partial charge in [0.15, 0.2) is 0 Å². The number of hydrogen-bond donors (Lipinski definition) is 0. The van der Waals surface area contributed by atoms with Crippen molar-refractivity contribution >= 4 is 15.7 Å². The van der Waals surface area contributed by atoms with Crippen molar-refractivity contribution in [1.29, 1.82) is 5.26 Å². The largest absolute Gasteiger partial charge is 0.267 e. The van der Waals surface area contributed by atoms with E-state index in [1.807, 2.05) is 31.2 Å². The van der Waals surface area contributed by atoms with E-state index in [-0.39, 0.29) is 4.90 Å². The molecule has 0 heterocycles. The van der Waals surface area contributed by atoms with Crippen LogP contribution in [0.25, 0.3) is 0 Å². The summed E-state index contributed by atoms with van der Waals surface area (Å²) in [6.45, 7) is 4.06. The fourth-order valence-corrected chi connectivity index (χ4v) is 3.57. The molecule has 0 aliphatic rings. The monoisotopic (exact) mass is 300 g/mol. The van der Waals surface area contributed by atoms with E-state index in [4.69, 9.17) is 5.26 Å². The fourth-order valence-electron chi connectivity index (χ4n) is 2.10. The van der Waals surface area contributed by atoms with Crippen LogP contribution in [0, 0.1) is 18.3 Å². The van der Waals surface area contributed by atoms with Crippen LogP contribution >= 0.6 is 0 Å². The molecule has 2 rings (SSSR count). The van der Waals surface area contributed by atoms with Crippen molar-refractivity contribution in [1.82, 2.24) is 0 Å². The third kappa shape index (κ3) is 3.06. The normalized spacial score (nSPS) is 10.9. The summed E-state index contributed by atoms with van der Waals surface area (Å²) in [6.07, 6.45) is 0. The molecular formula is C16H16N2O2S. The molecule has 0 saturated carbocycles. The first-order valence-electron chi connectivity index (χ1n) is 6.58. The van der Waals surface area contributed by atoms with E-state index in [0.29, 0.717) is 17.8 Å². The minimum atomic E-state index is -3.62. The number of aryl methyl sites for hydroxylation is 1. The minimum absolute atomic E-state index is 0.185. The maximum absolute atomic E-state index is 12.7. The quantitative estimate of drug-likeness (QED) is 0.871. The van der Waals surface area contributed by atoms with Gasteiger partial charge in [-0.05, 0) is 55.8 Å². The SMILES string of the molecule is CCN(c1cccc(C)c1)S(=O)(=O)c1ccc(C#N)cc1. The number of nitriles is 1. The zero-order valence-electron chi connectivity index (χ0n) is 11.9. The maximum Gasteiger partial charge on any atom is 0.264 e. The zero-order valence-corrected chi connectivity index (χ0v) is 12.8. The number of rotatable bonds is 4. The summed E-state index contributed by atoms with van der Waals surface area (Å²) in [5.74, 6) is 0. The summed E-state index contributed by atoms with van der Waals surface area (Å²) in [4.78, 5) is 0.185. The Kier molecular flexibility index (Phi) is 4.29. The Labute approximate surface area is 125 Å². The molecule has 0 aliphatic carbocycles. The van der Waals surface area contributed by atoms with Crippen LogP contribution in [-0.4, -0.2) is 15.0 Å². The summed E-state index contributed by atoms with van der Waals surface area (Å²) in [5.41, 5.74) is 2.08. The Morgan fingerprint density at radius 2 is 1.81 bits per heavy atom. The highest BCUT2D eigenvalue weighted by Gasteiger charge is 2.23. The van der Waals surface area contributed by atoms with E-state index in [0.717, 1.165) is 5.56 Å². The summed E-state index contributed by atoms with van der Waals surface area (Å²) < 4.78 is 26.8. The van der Waals surface area contributed by atoms with Crippen molar-refractivity contribution in [2.45, 2.75) is 18.7 Å². The molecule has 0 fully saturated rings. The molecule has 5 heteroatoms. The molecule has 0 spiro atoms.